The van der Waals surface area contributed by atoms with Crippen LogP contribution in [0.3, 0.4) is 0 Å². The molecule has 1 aliphatic rings. The molecule has 0 unspecified atom stereocenters. The molecule has 136 valence electrons. The monoisotopic (exact) mass is 365 g/mol. The predicted octanol–water partition coefficient (Wildman–Crippen LogP) is 2.99. The van der Waals surface area contributed by atoms with E-state index in [0.29, 0.717) is 29.8 Å². The minimum absolute atomic E-state index is 0.0283. The average molecular weight is 365 g/mol. The smallest absolute Gasteiger partial charge is 0.416 e. The summed E-state index contributed by atoms with van der Waals surface area (Å²) < 4.78 is 44.3. The van der Waals surface area contributed by atoms with Gasteiger partial charge >= 0.3 is 6.18 Å². The number of pyridine rings is 1. The fourth-order valence-electron chi connectivity index (χ4n) is 2.68. The second-order valence-corrected chi connectivity index (χ2v) is 5.27. The fraction of sp³-hybridized carbons (Fsp3) is 0.235. The van der Waals surface area contributed by atoms with E-state index in [4.69, 9.17) is 20.4 Å². The molecule has 6 nitrogen and oxygen atoms in total. The van der Waals surface area contributed by atoms with Gasteiger partial charge in [-0.15, -0.1) is 0 Å². The van der Waals surface area contributed by atoms with Crippen molar-refractivity contribution in [2.75, 3.05) is 12.3 Å². The van der Waals surface area contributed by atoms with Crippen LogP contribution in [0.25, 0.3) is 11.1 Å². The number of alkyl halides is 3. The maximum Gasteiger partial charge on any atom is 0.416 e. The lowest BCUT2D eigenvalue weighted by Gasteiger charge is -2.21. The van der Waals surface area contributed by atoms with Crippen molar-refractivity contribution in [3.05, 3.63) is 46.6 Å². The Morgan fingerprint density at radius 1 is 1.38 bits per heavy atom. The minimum atomic E-state index is -4.46. The minimum Gasteiger partial charge on any atom is -0.483 e. The number of anilines is 1. The molecule has 2 heterocycles. The fourth-order valence-corrected chi connectivity index (χ4v) is 2.68. The number of hydrogen-bond donors (Lipinski definition) is 2. The van der Waals surface area contributed by atoms with Crippen LogP contribution in [0.15, 0.2) is 24.3 Å². The largest absolute Gasteiger partial charge is 0.483 e. The number of nitriles is 1. The number of nitrogens with two attached hydrogens (primary N) is 1. The highest BCUT2D eigenvalue weighted by molar-refractivity contribution is 5.79. The molecule has 0 amide bonds. The van der Waals surface area contributed by atoms with Crippen molar-refractivity contribution in [3.63, 3.8) is 0 Å². The van der Waals surface area contributed by atoms with Crippen LogP contribution >= 0.6 is 0 Å². The highest BCUT2D eigenvalue weighted by Crippen LogP contribution is 2.37. The van der Waals surface area contributed by atoms with Gasteiger partial charge in [0.2, 0.25) is 0 Å². The highest BCUT2D eigenvalue weighted by Gasteiger charge is 2.31. The van der Waals surface area contributed by atoms with Crippen LogP contribution in [-0.4, -0.2) is 23.2 Å². The normalized spacial score (nSPS) is 13.0. The van der Waals surface area contributed by atoms with Gasteiger partial charge in [-0.05, 0) is 17.7 Å². The van der Waals surface area contributed by atoms with E-state index in [1.165, 1.54) is 12.1 Å². The first-order valence-electron chi connectivity index (χ1n) is 7.38. The topological polar surface area (TPSA) is 109 Å². The van der Waals surface area contributed by atoms with Gasteiger partial charge in [-0.25, -0.2) is 4.98 Å². The lowest BCUT2D eigenvalue weighted by molar-refractivity contribution is -0.137. The lowest BCUT2D eigenvalue weighted by atomic mass is 9.92. The number of halogens is 3. The van der Waals surface area contributed by atoms with Crippen molar-refractivity contribution in [2.24, 2.45) is 0 Å². The molecule has 0 atom stereocenters. The Labute approximate surface area is 146 Å². The number of hydrogen-bond acceptors (Lipinski definition) is 5. The van der Waals surface area contributed by atoms with Crippen LogP contribution in [0.2, 0.25) is 0 Å². The van der Waals surface area contributed by atoms with Crippen LogP contribution in [0.1, 0.15) is 22.4 Å². The second-order valence-electron chi connectivity index (χ2n) is 5.27. The molecule has 3 rings (SSSR count). The van der Waals surface area contributed by atoms with Gasteiger partial charge in [-0.1, -0.05) is 12.1 Å². The number of nitrogen functional groups attached to an aromatic ring is 1. The zero-order chi connectivity index (χ0) is 19.3. The van der Waals surface area contributed by atoms with Gasteiger partial charge < -0.3 is 15.6 Å². The van der Waals surface area contributed by atoms with Gasteiger partial charge in [0.25, 0.3) is 6.47 Å². The Morgan fingerprint density at radius 3 is 2.69 bits per heavy atom. The third-order valence-electron chi connectivity index (χ3n) is 3.73. The van der Waals surface area contributed by atoms with Crippen molar-refractivity contribution < 1.29 is 27.8 Å². The first-order chi connectivity index (χ1) is 12.3. The number of carboxylic acid groups (broad SMARTS) is 1. The van der Waals surface area contributed by atoms with E-state index in [2.05, 4.69) is 4.98 Å². The van der Waals surface area contributed by atoms with Gasteiger partial charge in [-0.3, -0.25) is 4.79 Å². The van der Waals surface area contributed by atoms with Crippen molar-refractivity contribution in [2.45, 2.75) is 19.2 Å². The maximum absolute atomic E-state index is 13.0. The lowest BCUT2D eigenvalue weighted by Crippen LogP contribution is -2.16. The summed E-state index contributed by atoms with van der Waals surface area (Å²) >= 11 is 0. The van der Waals surface area contributed by atoms with E-state index < -0.39 is 11.7 Å². The zero-order valence-electron chi connectivity index (χ0n) is 13.4. The third kappa shape index (κ3) is 3.92. The summed E-state index contributed by atoms with van der Waals surface area (Å²) in [5.74, 6) is 0.0283. The van der Waals surface area contributed by atoms with Crippen LogP contribution in [-0.2, 0) is 28.7 Å². The highest BCUT2D eigenvalue weighted by atomic mass is 19.4. The quantitative estimate of drug-likeness (QED) is 0.752. The third-order valence-corrected chi connectivity index (χ3v) is 3.73. The van der Waals surface area contributed by atoms with Gasteiger partial charge in [0.1, 0.15) is 17.5 Å². The Hall–Kier alpha value is -3.12. The molecule has 1 aromatic carbocycles. The SMILES string of the molecule is N#Cc1c(N)nc2c(c1-c1cccc(C(F)(F)F)c1)COCC2.O=CO. The van der Waals surface area contributed by atoms with Crippen LogP contribution < -0.4 is 5.73 Å². The summed E-state index contributed by atoms with van der Waals surface area (Å²) in [6.07, 6.45) is -3.95. The number of nitrogens with zero attached hydrogens (tertiary/aromatic N) is 2. The first kappa shape index (κ1) is 19.2. The van der Waals surface area contributed by atoms with E-state index in [-0.39, 0.29) is 30.0 Å². The van der Waals surface area contributed by atoms with Gasteiger partial charge in [0.15, 0.2) is 0 Å². The number of fused-ring (bicyclic) bond motifs is 1. The Bertz CT molecular complexity index is 861. The van der Waals surface area contributed by atoms with Gasteiger partial charge in [0, 0.05) is 17.5 Å². The number of ether oxygens (including phenoxy) is 1. The van der Waals surface area contributed by atoms with Gasteiger partial charge in [-0.2, -0.15) is 18.4 Å². The second kappa shape index (κ2) is 7.84. The Kier molecular flexibility index (Phi) is 5.79. The predicted molar refractivity (Wildman–Crippen MR) is 85.9 cm³/mol. The Balaban J connectivity index is 0.000000758. The molecule has 1 aromatic heterocycles. The van der Waals surface area contributed by atoms with Crippen LogP contribution in [0.4, 0.5) is 19.0 Å². The van der Waals surface area contributed by atoms with Crippen molar-refractivity contribution >= 4 is 12.3 Å². The van der Waals surface area contributed by atoms with Crippen molar-refractivity contribution in [1.29, 1.82) is 5.26 Å². The van der Waals surface area contributed by atoms with E-state index in [1.54, 1.807) is 0 Å². The summed E-state index contributed by atoms with van der Waals surface area (Å²) in [5.41, 5.74) is 7.07. The molecular weight excluding hydrogens is 351 g/mol. The maximum atomic E-state index is 13.0. The number of carbonyl (C=O) groups is 1. The van der Waals surface area contributed by atoms with Crippen LogP contribution in [0, 0.1) is 11.3 Å². The van der Waals surface area contributed by atoms with Crippen molar-refractivity contribution in [3.8, 4) is 17.2 Å². The van der Waals surface area contributed by atoms with Crippen molar-refractivity contribution in [1.82, 2.24) is 4.98 Å². The first-order valence-corrected chi connectivity index (χ1v) is 7.38. The molecular formula is C17H14F3N3O3. The number of rotatable bonds is 1. The summed E-state index contributed by atoms with van der Waals surface area (Å²) in [7, 11) is 0. The van der Waals surface area contributed by atoms with E-state index in [0.717, 1.165) is 12.1 Å². The molecule has 3 N–H and O–H groups in total. The number of benzene rings is 1. The van der Waals surface area contributed by atoms with E-state index >= 15 is 0 Å². The molecule has 0 saturated carbocycles. The standard InChI is InChI=1S/C16H12F3N3O.CH2O2/c17-16(18,19)10-3-1-2-9(6-10)14-11(7-20)15(21)22-13-4-5-23-8-12(13)14;2-1-3/h1-3,6H,4-5,8H2,(H2,21,22);1H,(H,2,3). The molecule has 9 heteroatoms. The summed E-state index contributed by atoms with van der Waals surface area (Å²) in [6.45, 7) is 0.413. The molecule has 0 fully saturated rings. The summed E-state index contributed by atoms with van der Waals surface area (Å²) in [5, 5.41) is 16.2. The molecule has 0 radical (unpaired) electrons. The molecule has 1 aliphatic heterocycles. The van der Waals surface area contributed by atoms with Crippen LogP contribution in [0.5, 0.6) is 0 Å². The molecule has 0 saturated heterocycles. The summed E-state index contributed by atoms with van der Waals surface area (Å²) in [6, 6.07) is 6.79. The molecule has 0 bridgehead atoms. The Morgan fingerprint density at radius 2 is 2.08 bits per heavy atom. The zero-order valence-corrected chi connectivity index (χ0v) is 13.4. The number of aromatic nitrogens is 1. The molecule has 0 spiro atoms. The van der Waals surface area contributed by atoms with E-state index in [9.17, 15) is 18.4 Å². The molecule has 0 aliphatic carbocycles. The van der Waals surface area contributed by atoms with E-state index in [1.807, 2.05) is 6.07 Å². The molecule has 2 aromatic rings. The average Bonchev–Trinajstić information content (AvgIpc) is 2.60. The molecule has 26 heavy (non-hydrogen) atoms. The summed E-state index contributed by atoms with van der Waals surface area (Å²) in [4.78, 5) is 12.6. The van der Waals surface area contributed by atoms with Gasteiger partial charge in [0.05, 0.1) is 24.5 Å².